The molecule has 0 radical (unpaired) electrons. The molecule has 1 unspecified atom stereocenters. The molecule has 1 N–H and O–H groups in total. The van der Waals surface area contributed by atoms with Crippen LogP contribution >= 0.6 is 0 Å². The second-order valence-corrected chi connectivity index (χ2v) is 5.42. The zero-order chi connectivity index (χ0) is 12.7. The monoisotopic (exact) mass is 237 g/mol. The third kappa shape index (κ3) is 5.06. The first-order valence-electron chi connectivity index (χ1n) is 7.00. The van der Waals surface area contributed by atoms with Gasteiger partial charge in [0.15, 0.2) is 0 Å². The van der Waals surface area contributed by atoms with Gasteiger partial charge in [0.05, 0.1) is 12.1 Å². The zero-order valence-electron chi connectivity index (χ0n) is 11.6. The molecular weight excluding hydrogens is 210 g/mol. The van der Waals surface area contributed by atoms with E-state index >= 15 is 0 Å². The molecule has 0 bridgehead atoms. The van der Waals surface area contributed by atoms with Crippen molar-refractivity contribution in [2.24, 2.45) is 5.92 Å². The largest absolute Gasteiger partial charge is 0.303 e. The lowest BCUT2D eigenvalue weighted by molar-refractivity contribution is 0.166. The Bertz CT molecular complexity index is 238. The fourth-order valence-electron chi connectivity index (χ4n) is 2.66. The van der Waals surface area contributed by atoms with Crippen LogP contribution in [0.3, 0.4) is 0 Å². The summed E-state index contributed by atoms with van der Waals surface area (Å²) in [6.45, 7) is 6.32. The zero-order valence-corrected chi connectivity index (χ0v) is 11.6. The minimum atomic E-state index is 0.0185. The Kier molecular flexibility index (Phi) is 6.54. The van der Waals surface area contributed by atoms with Crippen molar-refractivity contribution >= 4 is 0 Å². The Hall–Kier alpha value is -0.590. The number of nitrogens with one attached hydrogen (secondary N) is 1. The molecule has 0 saturated heterocycles. The average molecular weight is 237 g/mol. The van der Waals surface area contributed by atoms with E-state index < -0.39 is 0 Å². The highest BCUT2D eigenvalue weighted by atomic mass is 15.1. The number of nitrogens with zero attached hydrogens (tertiary/aromatic N) is 2. The van der Waals surface area contributed by atoms with Crippen molar-refractivity contribution < 1.29 is 0 Å². The lowest BCUT2D eigenvalue weighted by Gasteiger charge is -2.34. The summed E-state index contributed by atoms with van der Waals surface area (Å²) in [4.78, 5) is 2.45. The van der Waals surface area contributed by atoms with Crippen molar-refractivity contribution in [2.75, 3.05) is 20.1 Å². The quantitative estimate of drug-likeness (QED) is 0.771. The molecule has 3 nitrogen and oxygen atoms in total. The predicted molar refractivity (Wildman–Crippen MR) is 71.7 cm³/mol. The van der Waals surface area contributed by atoms with Gasteiger partial charge in [0, 0.05) is 12.6 Å². The first-order chi connectivity index (χ1) is 8.17. The van der Waals surface area contributed by atoms with Crippen LogP contribution in [0.1, 0.15) is 46.0 Å². The summed E-state index contributed by atoms with van der Waals surface area (Å²) in [6.07, 6.45) is 6.33. The molecular formula is C14H27N3. The van der Waals surface area contributed by atoms with Crippen molar-refractivity contribution in [3.8, 4) is 6.07 Å². The van der Waals surface area contributed by atoms with Crippen LogP contribution in [-0.4, -0.2) is 37.1 Å². The van der Waals surface area contributed by atoms with Gasteiger partial charge in [-0.3, -0.25) is 0 Å². The van der Waals surface area contributed by atoms with Crippen LogP contribution in [0.25, 0.3) is 0 Å². The third-order valence-corrected chi connectivity index (χ3v) is 3.99. The lowest BCUT2D eigenvalue weighted by Crippen LogP contribution is -2.38. The Balaban J connectivity index is 2.24. The van der Waals surface area contributed by atoms with Gasteiger partial charge in [-0.15, -0.1) is 0 Å². The maximum Gasteiger partial charge on any atom is 0.0965 e. The van der Waals surface area contributed by atoms with Crippen molar-refractivity contribution in [1.82, 2.24) is 10.2 Å². The van der Waals surface area contributed by atoms with Gasteiger partial charge < -0.3 is 10.2 Å². The molecule has 1 aliphatic rings. The van der Waals surface area contributed by atoms with Crippen molar-refractivity contribution in [3.05, 3.63) is 0 Å². The van der Waals surface area contributed by atoms with Gasteiger partial charge in [-0.2, -0.15) is 5.26 Å². The molecule has 0 aromatic rings. The lowest BCUT2D eigenvalue weighted by atomic mass is 9.86. The maximum absolute atomic E-state index is 8.98. The van der Waals surface area contributed by atoms with Gasteiger partial charge in [0.2, 0.25) is 0 Å². The molecule has 0 amide bonds. The molecule has 98 valence electrons. The first-order valence-corrected chi connectivity index (χ1v) is 7.00. The van der Waals surface area contributed by atoms with Crippen molar-refractivity contribution in [3.63, 3.8) is 0 Å². The summed E-state index contributed by atoms with van der Waals surface area (Å²) in [5.74, 6) is 0.910. The molecule has 1 rings (SSSR count). The van der Waals surface area contributed by atoms with Gasteiger partial charge >= 0.3 is 0 Å². The van der Waals surface area contributed by atoms with Gasteiger partial charge in [0.1, 0.15) is 0 Å². The van der Waals surface area contributed by atoms with Gasteiger partial charge in [-0.05, 0) is 51.6 Å². The summed E-state index contributed by atoms with van der Waals surface area (Å²) < 4.78 is 0. The number of hydrogen-bond acceptors (Lipinski definition) is 3. The highest BCUT2D eigenvalue weighted by molar-refractivity contribution is 4.90. The molecule has 0 spiro atoms. The van der Waals surface area contributed by atoms with E-state index in [1.807, 2.05) is 0 Å². The van der Waals surface area contributed by atoms with E-state index in [2.05, 4.69) is 37.2 Å². The van der Waals surface area contributed by atoms with Crippen LogP contribution in [0, 0.1) is 17.2 Å². The van der Waals surface area contributed by atoms with Crippen LogP contribution < -0.4 is 5.32 Å². The number of nitriles is 1. The van der Waals surface area contributed by atoms with E-state index in [0.29, 0.717) is 0 Å². The maximum atomic E-state index is 8.98. The van der Waals surface area contributed by atoms with Crippen LogP contribution in [0.2, 0.25) is 0 Å². The smallest absolute Gasteiger partial charge is 0.0965 e. The van der Waals surface area contributed by atoms with Crippen LogP contribution in [0.4, 0.5) is 0 Å². The average Bonchev–Trinajstić information content (AvgIpc) is 2.35. The Morgan fingerprint density at radius 1 is 1.35 bits per heavy atom. The molecule has 0 heterocycles. The standard InChI is InChI=1S/C14H27N3/c1-4-16-13(11-15)9-10-17(3)14-7-5-12(2)6-8-14/h12-14,16H,4-10H2,1-3H3. The fraction of sp³-hybridized carbons (Fsp3) is 0.929. The Labute approximate surface area is 106 Å². The Morgan fingerprint density at radius 2 is 2.00 bits per heavy atom. The summed E-state index contributed by atoms with van der Waals surface area (Å²) in [5.41, 5.74) is 0. The summed E-state index contributed by atoms with van der Waals surface area (Å²) >= 11 is 0. The summed E-state index contributed by atoms with van der Waals surface area (Å²) in [6, 6.07) is 3.09. The number of hydrogen-bond donors (Lipinski definition) is 1. The van der Waals surface area contributed by atoms with E-state index in [4.69, 9.17) is 5.26 Å². The van der Waals surface area contributed by atoms with Gasteiger partial charge in [-0.25, -0.2) is 0 Å². The minimum Gasteiger partial charge on any atom is -0.303 e. The molecule has 3 heteroatoms. The van der Waals surface area contributed by atoms with E-state index in [1.165, 1.54) is 25.7 Å². The molecule has 1 aliphatic carbocycles. The molecule has 17 heavy (non-hydrogen) atoms. The molecule has 1 atom stereocenters. The highest BCUT2D eigenvalue weighted by Crippen LogP contribution is 2.26. The molecule has 0 aliphatic heterocycles. The van der Waals surface area contributed by atoms with E-state index in [9.17, 15) is 0 Å². The van der Waals surface area contributed by atoms with Crippen molar-refractivity contribution in [2.45, 2.75) is 58.0 Å². The SMILES string of the molecule is CCNC(C#N)CCN(C)C1CCC(C)CC1. The molecule has 1 fully saturated rings. The van der Waals surface area contributed by atoms with Crippen LogP contribution in [0.5, 0.6) is 0 Å². The van der Waals surface area contributed by atoms with Gasteiger partial charge in [0.25, 0.3) is 0 Å². The van der Waals surface area contributed by atoms with Crippen molar-refractivity contribution in [1.29, 1.82) is 5.26 Å². The minimum absolute atomic E-state index is 0.0185. The highest BCUT2D eigenvalue weighted by Gasteiger charge is 2.21. The predicted octanol–water partition coefficient (Wildman–Crippen LogP) is 2.39. The fourth-order valence-corrected chi connectivity index (χ4v) is 2.66. The molecule has 0 aromatic heterocycles. The van der Waals surface area contributed by atoms with E-state index in [0.717, 1.165) is 31.5 Å². The normalized spacial score (nSPS) is 26.8. The summed E-state index contributed by atoms with van der Waals surface area (Å²) in [5, 5.41) is 12.2. The van der Waals surface area contributed by atoms with Crippen LogP contribution in [0.15, 0.2) is 0 Å². The Morgan fingerprint density at radius 3 is 2.53 bits per heavy atom. The van der Waals surface area contributed by atoms with E-state index in [-0.39, 0.29) is 6.04 Å². The first kappa shape index (κ1) is 14.5. The number of rotatable bonds is 6. The van der Waals surface area contributed by atoms with E-state index in [1.54, 1.807) is 0 Å². The topological polar surface area (TPSA) is 39.1 Å². The van der Waals surface area contributed by atoms with Crippen LogP contribution in [-0.2, 0) is 0 Å². The second kappa shape index (κ2) is 7.68. The second-order valence-electron chi connectivity index (χ2n) is 5.42. The molecule has 1 saturated carbocycles. The molecule has 0 aromatic carbocycles. The third-order valence-electron chi connectivity index (χ3n) is 3.99. The summed E-state index contributed by atoms with van der Waals surface area (Å²) in [7, 11) is 2.21. The van der Waals surface area contributed by atoms with Gasteiger partial charge in [-0.1, -0.05) is 13.8 Å².